The predicted molar refractivity (Wildman–Crippen MR) is 179 cm³/mol. The van der Waals surface area contributed by atoms with E-state index in [1.54, 1.807) is 12.1 Å². The summed E-state index contributed by atoms with van der Waals surface area (Å²) in [7, 11) is -4.10. The van der Waals surface area contributed by atoms with Gasteiger partial charge in [-0.15, -0.1) is 0 Å². The summed E-state index contributed by atoms with van der Waals surface area (Å²) in [6.45, 7) is 7.71. The quantitative estimate of drug-likeness (QED) is 0.177. The Bertz CT molecular complexity index is 1850. The first-order valence-electron chi connectivity index (χ1n) is 15.7. The maximum Gasteiger partial charge on any atom is 0.293 e. The number of sulfonamides is 1. The number of non-ortho nitro benzene ring substituents is 1. The summed E-state index contributed by atoms with van der Waals surface area (Å²) in [5, 5.41) is 27.8. The molecule has 0 unspecified atom stereocenters. The summed E-state index contributed by atoms with van der Waals surface area (Å²) in [6.07, 6.45) is 2.93. The van der Waals surface area contributed by atoms with Crippen molar-refractivity contribution in [3.05, 3.63) is 86.0 Å². The molecular formula is C32H37N7O8S. The Balaban J connectivity index is 1.15. The molecule has 16 heteroatoms. The van der Waals surface area contributed by atoms with E-state index in [1.807, 2.05) is 36.9 Å². The number of piperazine rings is 1. The highest BCUT2D eigenvalue weighted by molar-refractivity contribution is 7.89. The Morgan fingerprint density at radius 2 is 1.71 bits per heavy atom. The lowest BCUT2D eigenvalue weighted by molar-refractivity contribution is -0.385. The van der Waals surface area contributed by atoms with Crippen LogP contribution < -0.4 is 19.8 Å². The Kier molecular flexibility index (Phi) is 9.48. The first-order chi connectivity index (χ1) is 23.0. The van der Waals surface area contributed by atoms with Crippen LogP contribution in [0.25, 0.3) is 0 Å². The summed E-state index contributed by atoms with van der Waals surface area (Å²) >= 11 is 0. The largest absolute Gasteiger partial charge is 0.454 e. The molecule has 1 N–H and O–H groups in total. The molecular weight excluding hydrogens is 642 g/mol. The average molecular weight is 680 g/mol. The summed E-state index contributed by atoms with van der Waals surface area (Å²) < 4.78 is 39.8. The molecule has 0 aliphatic carbocycles. The molecule has 2 saturated heterocycles. The molecule has 3 aliphatic rings. The molecule has 2 fully saturated rings. The molecule has 6 rings (SSSR count). The summed E-state index contributed by atoms with van der Waals surface area (Å²) in [5.74, 6) is 1.60. The zero-order valence-corrected chi connectivity index (χ0v) is 27.5. The van der Waals surface area contributed by atoms with Crippen LogP contribution in [0.2, 0.25) is 0 Å². The van der Waals surface area contributed by atoms with Crippen molar-refractivity contribution in [3.63, 3.8) is 0 Å². The molecule has 0 saturated carbocycles. The van der Waals surface area contributed by atoms with Gasteiger partial charge in [-0.05, 0) is 55.5 Å². The Hall–Kier alpha value is -4.80. The lowest BCUT2D eigenvalue weighted by atomic mass is 9.94. The number of ether oxygens (including phenoxy) is 2. The van der Waals surface area contributed by atoms with E-state index in [2.05, 4.69) is 15.4 Å². The minimum absolute atomic E-state index is 0.0621. The van der Waals surface area contributed by atoms with Crippen LogP contribution in [0.5, 0.6) is 11.5 Å². The fourth-order valence-electron chi connectivity index (χ4n) is 6.35. The monoisotopic (exact) mass is 679 g/mol. The zero-order chi connectivity index (χ0) is 34.0. The molecule has 0 amide bonds. The molecule has 3 aromatic rings. The fourth-order valence-corrected chi connectivity index (χ4v) is 8.28. The van der Waals surface area contributed by atoms with Gasteiger partial charge < -0.3 is 14.4 Å². The van der Waals surface area contributed by atoms with Gasteiger partial charge in [0.15, 0.2) is 11.5 Å². The van der Waals surface area contributed by atoms with Crippen LogP contribution in [0.1, 0.15) is 37.8 Å². The average Bonchev–Trinajstić information content (AvgIpc) is 3.54. The maximum absolute atomic E-state index is 13.8. The number of hydrogen-bond acceptors (Lipinski definition) is 12. The molecule has 254 valence electrons. The molecule has 3 aliphatic heterocycles. The molecule has 3 heterocycles. The van der Waals surface area contributed by atoms with Gasteiger partial charge in [0.1, 0.15) is 10.6 Å². The molecule has 0 aromatic heterocycles. The minimum atomic E-state index is -4.10. The topological polar surface area (TPSA) is 173 Å². The Morgan fingerprint density at radius 3 is 2.46 bits per heavy atom. The van der Waals surface area contributed by atoms with Crippen LogP contribution in [-0.2, 0) is 16.6 Å². The number of anilines is 2. The number of piperidine rings is 1. The number of nitro groups is 2. The molecule has 0 bridgehead atoms. The number of nitrogens with zero attached hydrogens (tertiary/aromatic N) is 6. The van der Waals surface area contributed by atoms with Crippen LogP contribution in [0.3, 0.4) is 0 Å². The number of hydrogen-bond donors (Lipinski definition) is 1. The summed E-state index contributed by atoms with van der Waals surface area (Å²) in [5.41, 5.74) is 4.36. The van der Waals surface area contributed by atoms with Gasteiger partial charge in [0, 0.05) is 69.1 Å². The van der Waals surface area contributed by atoms with E-state index >= 15 is 0 Å². The van der Waals surface area contributed by atoms with Crippen LogP contribution in [0.4, 0.5) is 22.7 Å². The number of hydrazone groups is 1. The van der Waals surface area contributed by atoms with Crippen LogP contribution >= 0.6 is 0 Å². The van der Waals surface area contributed by atoms with E-state index in [1.165, 1.54) is 28.7 Å². The third kappa shape index (κ3) is 6.90. The first-order valence-corrected chi connectivity index (χ1v) is 17.2. The second-order valence-corrected chi connectivity index (χ2v) is 14.1. The molecule has 15 nitrogen and oxygen atoms in total. The van der Waals surface area contributed by atoms with Crippen molar-refractivity contribution in [1.29, 1.82) is 0 Å². The maximum atomic E-state index is 13.8. The highest BCUT2D eigenvalue weighted by atomic mass is 32.2. The summed E-state index contributed by atoms with van der Waals surface area (Å²) in [4.78, 5) is 26.6. The lowest BCUT2D eigenvalue weighted by Crippen LogP contribution is -2.46. The van der Waals surface area contributed by atoms with E-state index < -0.39 is 19.9 Å². The van der Waals surface area contributed by atoms with Gasteiger partial charge in [-0.1, -0.05) is 19.1 Å². The number of fused-ring (bicyclic) bond motifs is 1. The van der Waals surface area contributed by atoms with Crippen molar-refractivity contribution in [1.82, 2.24) is 9.21 Å². The van der Waals surface area contributed by atoms with E-state index in [0.29, 0.717) is 50.4 Å². The number of nitro benzene ring substituents is 2. The van der Waals surface area contributed by atoms with E-state index in [9.17, 15) is 28.6 Å². The van der Waals surface area contributed by atoms with Crippen molar-refractivity contribution in [2.45, 2.75) is 44.2 Å². The molecule has 3 aromatic carbocycles. The third-order valence-electron chi connectivity index (χ3n) is 9.23. The van der Waals surface area contributed by atoms with Crippen LogP contribution in [0, 0.1) is 26.1 Å². The van der Waals surface area contributed by atoms with Crippen molar-refractivity contribution < 1.29 is 27.7 Å². The highest BCUT2D eigenvalue weighted by Crippen LogP contribution is 2.35. The predicted octanol–water partition coefficient (Wildman–Crippen LogP) is 4.81. The highest BCUT2D eigenvalue weighted by Gasteiger charge is 2.36. The zero-order valence-electron chi connectivity index (χ0n) is 26.6. The molecule has 0 spiro atoms. The van der Waals surface area contributed by atoms with Gasteiger partial charge in [-0.3, -0.25) is 30.6 Å². The van der Waals surface area contributed by atoms with Gasteiger partial charge in [-0.25, -0.2) is 8.42 Å². The Labute approximate surface area is 278 Å². The smallest absolute Gasteiger partial charge is 0.293 e. The fraction of sp³-hybridized carbons (Fsp3) is 0.406. The lowest BCUT2D eigenvalue weighted by Gasteiger charge is -2.37. The van der Waals surface area contributed by atoms with Crippen molar-refractivity contribution in [2.24, 2.45) is 11.0 Å². The second-order valence-electron chi connectivity index (χ2n) is 12.2. The minimum Gasteiger partial charge on any atom is -0.454 e. The van der Waals surface area contributed by atoms with Crippen LogP contribution in [0.15, 0.2) is 64.6 Å². The van der Waals surface area contributed by atoms with Gasteiger partial charge in [-0.2, -0.15) is 9.41 Å². The normalized spacial score (nSPS) is 20.2. The number of rotatable bonds is 10. The first kappa shape index (κ1) is 33.1. The Morgan fingerprint density at radius 1 is 0.938 bits per heavy atom. The van der Waals surface area contributed by atoms with Crippen molar-refractivity contribution in [2.75, 3.05) is 49.8 Å². The third-order valence-corrected chi connectivity index (χ3v) is 11.3. The second kappa shape index (κ2) is 13.7. The van der Waals surface area contributed by atoms with Crippen molar-refractivity contribution in [3.8, 4) is 11.5 Å². The number of nitrogens with one attached hydrogen (secondary N) is 1. The molecule has 48 heavy (non-hydrogen) atoms. The van der Waals surface area contributed by atoms with Gasteiger partial charge in [0.05, 0.1) is 21.7 Å². The van der Waals surface area contributed by atoms with Gasteiger partial charge in [0.2, 0.25) is 16.8 Å². The number of benzene rings is 3. The SMILES string of the molecule is C[C@@H]1[C@@H](C)CCCN1S(=O)(=O)c1cc([N+](=O)[O-])ccc1N/N=C\c1ccc(N2CCN(Cc3ccc4c(c3)OCO4)CC2)c([N+](=O)[O-])c1. The van der Waals surface area contributed by atoms with E-state index in [0.717, 1.165) is 36.1 Å². The van der Waals surface area contributed by atoms with E-state index in [4.69, 9.17) is 9.47 Å². The van der Waals surface area contributed by atoms with Crippen LogP contribution in [-0.4, -0.2) is 79.2 Å². The standard InChI is InChI=1S/C32H37N7O8S/c1-22-4-3-11-37(23(22)2)48(44,45)32-18-26(38(40)41)7-8-27(32)34-33-19-24-5-9-28(29(16-24)39(42)43)36-14-12-35(13-15-36)20-25-6-10-30-31(17-25)47-21-46-30/h5-10,16-19,22-23,34H,3-4,11-15,20-21H2,1-2H3/b33-19-/t22-,23+/m0/s1. The molecule has 2 atom stereocenters. The molecule has 0 radical (unpaired) electrons. The summed E-state index contributed by atoms with van der Waals surface area (Å²) in [6, 6.07) is 14.0. The van der Waals surface area contributed by atoms with Crippen molar-refractivity contribution >= 4 is 39.0 Å². The van der Waals surface area contributed by atoms with Gasteiger partial charge in [0.25, 0.3) is 11.4 Å². The van der Waals surface area contributed by atoms with E-state index in [-0.39, 0.29) is 40.7 Å². The van der Waals surface area contributed by atoms with Gasteiger partial charge >= 0.3 is 0 Å².